The van der Waals surface area contributed by atoms with E-state index in [4.69, 9.17) is 4.74 Å². The van der Waals surface area contributed by atoms with Crippen LogP contribution in [0.15, 0.2) is 46.8 Å². The lowest BCUT2D eigenvalue weighted by molar-refractivity contribution is 0.296. The summed E-state index contributed by atoms with van der Waals surface area (Å²) in [6.45, 7) is 4.67. The molecular weight excluding hydrogens is 497 g/mol. The van der Waals surface area contributed by atoms with Crippen molar-refractivity contribution in [2.24, 2.45) is 4.99 Å². The number of methoxy groups -OCH3 is 1. The molecule has 0 spiro atoms. The molecule has 1 N–H and O–H groups in total. The number of piperazine rings is 1. The second kappa shape index (κ2) is 11.6. The van der Waals surface area contributed by atoms with Crippen molar-refractivity contribution < 1.29 is 4.74 Å². The highest BCUT2D eigenvalue weighted by Gasteiger charge is 2.22. The zero-order valence-electron chi connectivity index (χ0n) is 17.7. The second-order valence-corrected chi connectivity index (χ2v) is 8.08. The lowest BCUT2D eigenvalue weighted by Crippen LogP contribution is -2.53. The summed E-state index contributed by atoms with van der Waals surface area (Å²) in [5, 5.41) is 5.72. The molecule has 1 aromatic heterocycles. The molecule has 160 valence electrons. The number of thiophene rings is 1. The van der Waals surface area contributed by atoms with Crippen LogP contribution in [0.3, 0.4) is 0 Å². The maximum absolute atomic E-state index is 5.36. The van der Waals surface area contributed by atoms with Crippen LogP contribution in [0.4, 0.5) is 5.69 Å². The van der Waals surface area contributed by atoms with E-state index in [0.717, 1.165) is 44.4 Å². The molecular formula is C21H32IN5OS. The molecule has 8 heteroatoms. The van der Waals surface area contributed by atoms with Gasteiger partial charge in [-0.2, -0.15) is 0 Å². The number of aliphatic imine (C=N–C) groups is 1. The summed E-state index contributed by atoms with van der Waals surface area (Å²) in [5.41, 5.74) is 1.22. The quantitative estimate of drug-likeness (QED) is 0.353. The maximum atomic E-state index is 5.36. The number of likely N-dealkylation sites (N-methyl/N-ethyl adjacent to an activating group) is 1. The van der Waals surface area contributed by atoms with Gasteiger partial charge in [0.2, 0.25) is 0 Å². The molecule has 0 aliphatic carbocycles. The largest absolute Gasteiger partial charge is 0.497 e. The van der Waals surface area contributed by atoms with Crippen LogP contribution in [-0.4, -0.2) is 76.7 Å². The first-order valence-electron chi connectivity index (χ1n) is 9.66. The highest BCUT2D eigenvalue weighted by molar-refractivity contribution is 14.0. The third kappa shape index (κ3) is 6.23. The molecule has 1 unspecified atom stereocenters. The summed E-state index contributed by atoms with van der Waals surface area (Å²) in [7, 11) is 7.83. The van der Waals surface area contributed by atoms with Crippen LogP contribution < -0.4 is 15.0 Å². The van der Waals surface area contributed by atoms with Crippen molar-refractivity contribution in [1.82, 2.24) is 15.1 Å². The first kappa shape index (κ1) is 23.8. The van der Waals surface area contributed by atoms with Crippen LogP contribution in [-0.2, 0) is 0 Å². The molecule has 1 saturated heterocycles. The van der Waals surface area contributed by atoms with Gasteiger partial charge in [0.1, 0.15) is 5.75 Å². The number of hydrogen-bond donors (Lipinski definition) is 1. The molecule has 0 saturated carbocycles. The van der Waals surface area contributed by atoms with Gasteiger partial charge in [0.25, 0.3) is 0 Å². The number of guanidine groups is 1. The van der Waals surface area contributed by atoms with Crippen molar-refractivity contribution in [2.75, 3.05) is 65.9 Å². The predicted molar refractivity (Wildman–Crippen MR) is 134 cm³/mol. The fourth-order valence-corrected chi connectivity index (χ4v) is 4.45. The summed E-state index contributed by atoms with van der Waals surface area (Å²) in [4.78, 5) is 12.9. The van der Waals surface area contributed by atoms with E-state index in [1.165, 1.54) is 10.6 Å². The summed E-state index contributed by atoms with van der Waals surface area (Å²) in [6.07, 6.45) is 0. The number of nitrogens with one attached hydrogen (secondary N) is 1. The van der Waals surface area contributed by atoms with Crippen LogP contribution in [0.25, 0.3) is 0 Å². The highest BCUT2D eigenvalue weighted by atomic mass is 127. The maximum Gasteiger partial charge on any atom is 0.193 e. The van der Waals surface area contributed by atoms with E-state index in [1.54, 1.807) is 18.4 Å². The summed E-state index contributed by atoms with van der Waals surface area (Å²) >= 11 is 1.80. The Labute approximate surface area is 195 Å². The molecule has 1 aliphatic rings. The van der Waals surface area contributed by atoms with Crippen molar-refractivity contribution in [2.45, 2.75) is 6.04 Å². The van der Waals surface area contributed by atoms with E-state index in [1.807, 2.05) is 19.2 Å². The van der Waals surface area contributed by atoms with Crippen LogP contribution in [0.5, 0.6) is 5.75 Å². The van der Waals surface area contributed by atoms with Gasteiger partial charge in [0.15, 0.2) is 5.96 Å². The SMILES string of the molecule is CN=C(NCC(c1cccs1)N(C)C)N1CCN(c2cccc(OC)c2)CC1.I. The summed E-state index contributed by atoms with van der Waals surface area (Å²) in [6, 6.07) is 12.9. The zero-order valence-corrected chi connectivity index (χ0v) is 20.8. The number of hydrogen-bond acceptors (Lipinski definition) is 5. The third-order valence-corrected chi connectivity index (χ3v) is 6.13. The van der Waals surface area contributed by atoms with Crippen LogP contribution in [0, 0.1) is 0 Å². The van der Waals surface area contributed by atoms with Crippen molar-refractivity contribution in [3.05, 3.63) is 46.7 Å². The zero-order chi connectivity index (χ0) is 19.9. The van der Waals surface area contributed by atoms with Gasteiger partial charge in [0.05, 0.1) is 13.2 Å². The van der Waals surface area contributed by atoms with E-state index in [9.17, 15) is 0 Å². The smallest absolute Gasteiger partial charge is 0.193 e. The third-order valence-electron chi connectivity index (χ3n) is 5.16. The molecule has 1 aliphatic heterocycles. The van der Waals surface area contributed by atoms with E-state index < -0.39 is 0 Å². The topological polar surface area (TPSA) is 43.3 Å². The van der Waals surface area contributed by atoms with Gasteiger partial charge in [-0.3, -0.25) is 4.99 Å². The molecule has 1 fully saturated rings. The van der Waals surface area contributed by atoms with Gasteiger partial charge in [-0.15, -0.1) is 35.3 Å². The molecule has 1 aromatic carbocycles. The van der Waals surface area contributed by atoms with Gasteiger partial charge in [0, 0.05) is 56.4 Å². The normalized spacial score (nSPS) is 15.8. The number of benzene rings is 1. The van der Waals surface area contributed by atoms with Crippen molar-refractivity contribution in [3.8, 4) is 5.75 Å². The number of nitrogens with zero attached hydrogens (tertiary/aromatic N) is 4. The van der Waals surface area contributed by atoms with Crippen molar-refractivity contribution in [3.63, 3.8) is 0 Å². The monoisotopic (exact) mass is 529 g/mol. The fourth-order valence-electron chi connectivity index (χ4n) is 3.52. The Morgan fingerprint density at radius 2 is 1.97 bits per heavy atom. The molecule has 0 amide bonds. The molecule has 1 atom stereocenters. The van der Waals surface area contributed by atoms with Gasteiger partial charge >= 0.3 is 0 Å². The van der Waals surface area contributed by atoms with E-state index in [0.29, 0.717) is 6.04 Å². The molecule has 0 radical (unpaired) electrons. The number of anilines is 1. The molecule has 2 heterocycles. The fraction of sp³-hybridized carbons (Fsp3) is 0.476. The molecule has 29 heavy (non-hydrogen) atoms. The standard InChI is InChI=1S/C21H31N5OS.HI/c1-22-21(23-16-19(24(2)3)20-9-6-14-28-20)26-12-10-25(11-13-26)17-7-5-8-18(15-17)27-4;/h5-9,14-15,19H,10-13,16H2,1-4H3,(H,22,23);1H. The minimum absolute atomic E-state index is 0. The lowest BCUT2D eigenvalue weighted by Gasteiger charge is -2.38. The minimum Gasteiger partial charge on any atom is -0.497 e. The first-order valence-corrected chi connectivity index (χ1v) is 10.5. The average molecular weight is 529 g/mol. The molecule has 0 bridgehead atoms. The molecule has 2 aromatic rings. The van der Waals surface area contributed by atoms with Gasteiger partial charge in [-0.25, -0.2) is 0 Å². The van der Waals surface area contributed by atoms with Crippen LogP contribution in [0.2, 0.25) is 0 Å². The Kier molecular flexibility index (Phi) is 9.51. The minimum atomic E-state index is 0. The van der Waals surface area contributed by atoms with E-state index >= 15 is 0 Å². The van der Waals surface area contributed by atoms with Crippen LogP contribution in [0.1, 0.15) is 10.9 Å². The van der Waals surface area contributed by atoms with E-state index in [-0.39, 0.29) is 24.0 Å². The molecule has 3 rings (SSSR count). The number of halogens is 1. The van der Waals surface area contributed by atoms with Gasteiger partial charge in [-0.1, -0.05) is 12.1 Å². The Bertz CT molecular complexity index is 760. The van der Waals surface area contributed by atoms with E-state index in [2.05, 4.69) is 68.7 Å². The lowest BCUT2D eigenvalue weighted by atomic mass is 10.2. The van der Waals surface area contributed by atoms with Crippen LogP contribution >= 0.6 is 35.3 Å². The van der Waals surface area contributed by atoms with Crippen molar-refractivity contribution >= 4 is 47.0 Å². The van der Waals surface area contributed by atoms with Gasteiger partial charge in [-0.05, 0) is 37.7 Å². The summed E-state index contributed by atoms with van der Waals surface area (Å²) < 4.78 is 5.36. The Hall–Kier alpha value is -1.52. The Balaban J connectivity index is 0.00000300. The Morgan fingerprint density at radius 1 is 1.21 bits per heavy atom. The second-order valence-electron chi connectivity index (χ2n) is 7.10. The number of rotatable bonds is 6. The number of ether oxygens (including phenoxy) is 1. The Morgan fingerprint density at radius 3 is 2.55 bits per heavy atom. The molecule has 6 nitrogen and oxygen atoms in total. The van der Waals surface area contributed by atoms with Crippen molar-refractivity contribution in [1.29, 1.82) is 0 Å². The first-order chi connectivity index (χ1) is 13.6. The average Bonchev–Trinajstić information content (AvgIpc) is 3.25. The highest BCUT2D eigenvalue weighted by Crippen LogP contribution is 2.23. The predicted octanol–water partition coefficient (Wildman–Crippen LogP) is 3.38. The summed E-state index contributed by atoms with van der Waals surface area (Å²) in [5.74, 6) is 1.88. The van der Waals surface area contributed by atoms with Gasteiger partial charge < -0.3 is 24.8 Å².